The van der Waals surface area contributed by atoms with E-state index < -0.39 is 6.09 Å². The van der Waals surface area contributed by atoms with E-state index in [-0.39, 0.29) is 11.5 Å². The van der Waals surface area contributed by atoms with Gasteiger partial charge in [-0.05, 0) is 30.2 Å². The van der Waals surface area contributed by atoms with Crippen LogP contribution in [0.4, 0.5) is 4.79 Å². The second kappa shape index (κ2) is 3.06. The Balaban J connectivity index is 1.91. The van der Waals surface area contributed by atoms with Crippen LogP contribution in [-0.2, 0) is 0 Å². The Bertz CT molecular complexity index is 304. The molecule has 2 rings (SSSR count). The lowest BCUT2D eigenvalue weighted by Gasteiger charge is -2.42. The fourth-order valence-electron chi connectivity index (χ4n) is 2.53. The quantitative estimate of drug-likeness (QED) is 0.393. The number of hydrogen-bond acceptors (Lipinski definition) is 2. The third-order valence-corrected chi connectivity index (χ3v) is 3.26. The predicted octanol–water partition coefficient (Wildman–Crippen LogP) is 1.83. The third kappa shape index (κ3) is 1.37. The van der Waals surface area contributed by atoms with Crippen molar-refractivity contribution in [1.29, 1.82) is 0 Å². The highest BCUT2D eigenvalue weighted by atomic mass is 16.4. The van der Waals surface area contributed by atoms with Gasteiger partial charge in [0.15, 0.2) is 0 Å². The van der Waals surface area contributed by atoms with E-state index in [1.54, 1.807) is 0 Å². The van der Waals surface area contributed by atoms with Gasteiger partial charge in [0.2, 0.25) is 0 Å². The summed E-state index contributed by atoms with van der Waals surface area (Å²) in [5.74, 6) is 0. The van der Waals surface area contributed by atoms with E-state index in [1.165, 1.54) is 4.90 Å². The van der Waals surface area contributed by atoms with Gasteiger partial charge in [-0.15, -0.1) is 0 Å². The Kier molecular flexibility index (Phi) is 2.00. The summed E-state index contributed by atoms with van der Waals surface area (Å²) in [5.41, 5.74) is 8.35. The van der Waals surface area contributed by atoms with Gasteiger partial charge in [-0.1, -0.05) is 5.11 Å². The lowest BCUT2D eigenvalue weighted by atomic mass is 9.65. The minimum absolute atomic E-state index is 0.0914. The average Bonchev–Trinajstić information content (AvgIpc) is 2.48. The molecule has 6 nitrogen and oxygen atoms in total. The summed E-state index contributed by atoms with van der Waals surface area (Å²) in [6.07, 6.45) is 1.77. The highest BCUT2D eigenvalue weighted by Crippen LogP contribution is 2.49. The van der Waals surface area contributed by atoms with Gasteiger partial charge in [0, 0.05) is 24.0 Å². The van der Waals surface area contributed by atoms with E-state index in [9.17, 15) is 4.79 Å². The minimum atomic E-state index is -0.839. The number of amides is 1. The SMILES string of the molecule is [N-]=[N+]=NC1CC2(CCN(C(=O)O)C2)C1. The summed E-state index contributed by atoms with van der Waals surface area (Å²) in [7, 11) is 0. The number of carbonyl (C=O) groups is 1. The number of carboxylic acid groups (broad SMARTS) is 1. The van der Waals surface area contributed by atoms with E-state index in [2.05, 4.69) is 10.0 Å². The summed E-state index contributed by atoms with van der Waals surface area (Å²) in [4.78, 5) is 14.9. The molecule has 14 heavy (non-hydrogen) atoms. The maximum Gasteiger partial charge on any atom is 0.407 e. The first-order chi connectivity index (χ1) is 6.65. The number of nitrogens with zero attached hydrogens (tertiary/aromatic N) is 4. The molecule has 2 aliphatic rings. The zero-order chi connectivity index (χ0) is 10.2. The van der Waals surface area contributed by atoms with Crippen molar-refractivity contribution in [3.05, 3.63) is 10.4 Å². The van der Waals surface area contributed by atoms with E-state index in [0.29, 0.717) is 13.1 Å². The molecule has 0 aromatic rings. The average molecular weight is 196 g/mol. The van der Waals surface area contributed by atoms with Crippen LogP contribution in [0.3, 0.4) is 0 Å². The Morgan fingerprint density at radius 2 is 2.36 bits per heavy atom. The first-order valence-electron chi connectivity index (χ1n) is 4.67. The van der Waals surface area contributed by atoms with Gasteiger partial charge in [-0.25, -0.2) is 4.79 Å². The van der Waals surface area contributed by atoms with Crippen LogP contribution in [0, 0.1) is 5.41 Å². The number of rotatable bonds is 1. The number of azide groups is 1. The molecule has 0 bridgehead atoms. The van der Waals surface area contributed by atoms with Crippen LogP contribution in [0.1, 0.15) is 19.3 Å². The molecular weight excluding hydrogens is 184 g/mol. The van der Waals surface area contributed by atoms with Crippen molar-refractivity contribution in [2.75, 3.05) is 13.1 Å². The molecule has 1 aliphatic heterocycles. The van der Waals surface area contributed by atoms with Gasteiger partial charge < -0.3 is 10.0 Å². The summed E-state index contributed by atoms with van der Waals surface area (Å²) >= 11 is 0. The second-order valence-electron chi connectivity index (χ2n) is 4.22. The molecule has 1 aliphatic carbocycles. The second-order valence-corrected chi connectivity index (χ2v) is 4.22. The van der Waals surface area contributed by atoms with Crippen LogP contribution >= 0.6 is 0 Å². The standard InChI is InChI=1S/C8H12N4O2/c9-11-10-6-3-8(4-6)1-2-12(5-8)7(13)14/h6H,1-5H2,(H,13,14). The molecule has 0 aromatic heterocycles. The van der Waals surface area contributed by atoms with Crippen LogP contribution in [0.5, 0.6) is 0 Å². The van der Waals surface area contributed by atoms with Gasteiger partial charge in [0.05, 0.1) is 0 Å². The molecule has 0 aromatic carbocycles. The molecule has 0 unspecified atom stereocenters. The Labute approximate surface area is 81.1 Å². The maximum absolute atomic E-state index is 10.7. The number of hydrogen-bond donors (Lipinski definition) is 1. The van der Waals surface area contributed by atoms with Crippen molar-refractivity contribution in [3.63, 3.8) is 0 Å². The van der Waals surface area contributed by atoms with Crippen molar-refractivity contribution in [2.24, 2.45) is 10.5 Å². The summed E-state index contributed by atoms with van der Waals surface area (Å²) in [6.45, 7) is 1.23. The molecular formula is C8H12N4O2. The van der Waals surface area contributed by atoms with Crippen molar-refractivity contribution in [1.82, 2.24) is 4.90 Å². The minimum Gasteiger partial charge on any atom is -0.465 e. The molecule has 1 saturated carbocycles. The fourth-order valence-corrected chi connectivity index (χ4v) is 2.53. The molecule has 6 heteroatoms. The lowest BCUT2D eigenvalue weighted by molar-refractivity contribution is 0.104. The van der Waals surface area contributed by atoms with Gasteiger partial charge in [-0.2, -0.15) is 0 Å². The van der Waals surface area contributed by atoms with Gasteiger partial charge in [0.1, 0.15) is 0 Å². The Hall–Kier alpha value is -1.42. The number of likely N-dealkylation sites (tertiary alicyclic amines) is 1. The highest BCUT2D eigenvalue weighted by molar-refractivity contribution is 5.65. The summed E-state index contributed by atoms with van der Waals surface area (Å²) in [6, 6.07) is 0.0914. The molecule has 76 valence electrons. The van der Waals surface area contributed by atoms with Crippen LogP contribution in [0.15, 0.2) is 5.11 Å². The molecule has 1 saturated heterocycles. The lowest BCUT2D eigenvalue weighted by Crippen LogP contribution is -2.42. The van der Waals surface area contributed by atoms with Crippen molar-refractivity contribution >= 4 is 6.09 Å². The van der Waals surface area contributed by atoms with E-state index >= 15 is 0 Å². The molecule has 2 fully saturated rings. The van der Waals surface area contributed by atoms with Crippen molar-refractivity contribution < 1.29 is 9.90 Å². The van der Waals surface area contributed by atoms with Crippen molar-refractivity contribution in [2.45, 2.75) is 25.3 Å². The highest BCUT2D eigenvalue weighted by Gasteiger charge is 2.49. The largest absolute Gasteiger partial charge is 0.465 e. The normalized spacial score (nSPS) is 35.1. The Morgan fingerprint density at radius 1 is 1.64 bits per heavy atom. The van der Waals surface area contributed by atoms with Gasteiger partial charge in [-0.3, -0.25) is 0 Å². The molecule has 1 N–H and O–H groups in total. The Morgan fingerprint density at radius 3 is 2.86 bits per heavy atom. The monoisotopic (exact) mass is 196 g/mol. The smallest absolute Gasteiger partial charge is 0.407 e. The first kappa shape index (κ1) is 9.15. The molecule has 1 spiro atoms. The molecule has 1 heterocycles. The summed E-state index contributed by atoms with van der Waals surface area (Å²) < 4.78 is 0. The first-order valence-corrected chi connectivity index (χ1v) is 4.67. The maximum atomic E-state index is 10.7. The van der Waals surface area contributed by atoms with E-state index in [0.717, 1.165) is 19.3 Å². The zero-order valence-electron chi connectivity index (χ0n) is 7.76. The fraction of sp³-hybridized carbons (Fsp3) is 0.875. The van der Waals surface area contributed by atoms with Gasteiger partial charge >= 0.3 is 6.09 Å². The van der Waals surface area contributed by atoms with Crippen LogP contribution in [0.2, 0.25) is 0 Å². The summed E-state index contributed by atoms with van der Waals surface area (Å²) in [5, 5.41) is 12.4. The van der Waals surface area contributed by atoms with Gasteiger partial charge in [0.25, 0.3) is 0 Å². The topological polar surface area (TPSA) is 89.3 Å². The van der Waals surface area contributed by atoms with Crippen LogP contribution < -0.4 is 0 Å². The zero-order valence-corrected chi connectivity index (χ0v) is 7.76. The van der Waals surface area contributed by atoms with Crippen molar-refractivity contribution in [3.8, 4) is 0 Å². The molecule has 0 atom stereocenters. The predicted molar refractivity (Wildman–Crippen MR) is 48.8 cm³/mol. The van der Waals surface area contributed by atoms with E-state index in [1.807, 2.05) is 0 Å². The third-order valence-electron chi connectivity index (χ3n) is 3.26. The molecule has 1 amide bonds. The van der Waals surface area contributed by atoms with E-state index in [4.69, 9.17) is 10.6 Å². The molecule has 0 radical (unpaired) electrons. The van der Waals surface area contributed by atoms with Crippen LogP contribution in [0.25, 0.3) is 10.4 Å². The van der Waals surface area contributed by atoms with Crippen LogP contribution in [-0.4, -0.2) is 35.2 Å².